The number of hydrogen-bond donors (Lipinski definition) is 1. The van der Waals surface area contributed by atoms with Crippen LogP contribution in [0.3, 0.4) is 0 Å². The van der Waals surface area contributed by atoms with Crippen molar-refractivity contribution in [2.24, 2.45) is 0 Å². The third-order valence-electron chi connectivity index (χ3n) is 4.55. The second-order valence-electron chi connectivity index (χ2n) is 6.03. The molecule has 1 aromatic rings. The van der Waals surface area contributed by atoms with Crippen LogP contribution in [0.15, 0.2) is 24.5 Å². The molecule has 0 radical (unpaired) electrons. The monoisotopic (exact) mass is 259 g/mol. The SMILES string of the molecule is CC(c1ccncc1)N(CC1CCCCN1)C1CC1. The molecule has 2 heterocycles. The number of hydrogen-bond acceptors (Lipinski definition) is 3. The van der Waals surface area contributed by atoms with Crippen LogP contribution in [0, 0.1) is 0 Å². The van der Waals surface area contributed by atoms with E-state index in [9.17, 15) is 0 Å². The van der Waals surface area contributed by atoms with Gasteiger partial charge in [-0.1, -0.05) is 6.42 Å². The molecule has 1 aliphatic carbocycles. The number of nitrogens with zero attached hydrogens (tertiary/aromatic N) is 2. The summed E-state index contributed by atoms with van der Waals surface area (Å²) in [4.78, 5) is 6.84. The van der Waals surface area contributed by atoms with E-state index in [0.29, 0.717) is 12.1 Å². The smallest absolute Gasteiger partial charge is 0.0324 e. The lowest BCUT2D eigenvalue weighted by molar-refractivity contribution is 0.166. The Hall–Kier alpha value is -0.930. The first kappa shape index (κ1) is 13.1. The number of nitrogens with one attached hydrogen (secondary N) is 1. The van der Waals surface area contributed by atoms with Crippen molar-refractivity contribution in [3.63, 3.8) is 0 Å². The van der Waals surface area contributed by atoms with Crippen LogP contribution in [-0.2, 0) is 0 Å². The minimum absolute atomic E-state index is 0.513. The van der Waals surface area contributed by atoms with E-state index in [1.54, 1.807) is 0 Å². The van der Waals surface area contributed by atoms with Crippen LogP contribution in [0.25, 0.3) is 0 Å². The second-order valence-corrected chi connectivity index (χ2v) is 6.03. The molecule has 3 heteroatoms. The number of pyridine rings is 1. The molecule has 1 N–H and O–H groups in total. The third kappa shape index (κ3) is 3.34. The van der Waals surface area contributed by atoms with Crippen LogP contribution < -0.4 is 5.32 Å². The number of piperidine rings is 1. The second kappa shape index (κ2) is 6.02. The summed E-state index contributed by atoms with van der Waals surface area (Å²) < 4.78 is 0. The highest BCUT2D eigenvalue weighted by Crippen LogP contribution is 2.34. The van der Waals surface area contributed by atoms with Gasteiger partial charge in [-0.25, -0.2) is 0 Å². The lowest BCUT2D eigenvalue weighted by atomic mass is 10.0. The lowest BCUT2D eigenvalue weighted by Gasteiger charge is -2.34. The van der Waals surface area contributed by atoms with Gasteiger partial charge in [0.15, 0.2) is 0 Å². The maximum absolute atomic E-state index is 4.13. The molecule has 2 unspecified atom stereocenters. The number of aromatic nitrogens is 1. The molecule has 19 heavy (non-hydrogen) atoms. The normalized spacial score (nSPS) is 25.5. The van der Waals surface area contributed by atoms with Gasteiger partial charge in [0.2, 0.25) is 0 Å². The maximum Gasteiger partial charge on any atom is 0.0324 e. The highest BCUT2D eigenvalue weighted by molar-refractivity contribution is 5.15. The fraction of sp³-hybridized carbons (Fsp3) is 0.688. The molecule has 104 valence electrons. The molecular weight excluding hydrogens is 234 g/mol. The average molecular weight is 259 g/mol. The summed E-state index contributed by atoms with van der Waals surface area (Å²) in [6.45, 7) is 4.75. The molecule has 3 rings (SSSR count). The first-order chi connectivity index (χ1) is 9.34. The Bertz CT molecular complexity index is 382. The van der Waals surface area contributed by atoms with Crippen molar-refractivity contribution in [3.05, 3.63) is 30.1 Å². The van der Waals surface area contributed by atoms with Crippen molar-refractivity contribution in [1.29, 1.82) is 0 Å². The largest absolute Gasteiger partial charge is 0.313 e. The molecule has 1 saturated carbocycles. The van der Waals surface area contributed by atoms with Gasteiger partial charge in [-0.2, -0.15) is 0 Å². The summed E-state index contributed by atoms with van der Waals surface area (Å²) in [6.07, 6.45) is 10.7. The molecular formula is C16H25N3. The van der Waals surface area contributed by atoms with Gasteiger partial charge in [0.25, 0.3) is 0 Å². The first-order valence-electron chi connectivity index (χ1n) is 7.73. The molecule has 1 aliphatic heterocycles. The third-order valence-corrected chi connectivity index (χ3v) is 4.55. The van der Waals surface area contributed by atoms with Crippen LogP contribution in [0.4, 0.5) is 0 Å². The Morgan fingerprint density at radius 3 is 2.68 bits per heavy atom. The fourth-order valence-corrected chi connectivity index (χ4v) is 3.20. The molecule has 0 aromatic carbocycles. The van der Waals surface area contributed by atoms with Crippen LogP contribution in [0.5, 0.6) is 0 Å². The standard InChI is InChI=1S/C16H25N3/c1-13(14-7-10-17-11-8-14)19(16-5-6-16)12-15-4-2-3-9-18-15/h7-8,10-11,13,15-16,18H,2-6,9,12H2,1H3. The van der Waals surface area contributed by atoms with E-state index in [2.05, 4.69) is 34.3 Å². The Kier molecular flexibility index (Phi) is 4.14. The van der Waals surface area contributed by atoms with E-state index in [1.807, 2.05) is 12.4 Å². The maximum atomic E-state index is 4.13. The molecule has 1 saturated heterocycles. The van der Waals surface area contributed by atoms with Gasteiger partial charge in [-0.15, -0.1) is 0 Å². The molecule has 2 fully saturated rings. The summed E-state index contributed by atoms with van der Waals surface area (Å²) in [6, 6.07) is 6.34. The fourth-order valence-electron chi connectivity index (χ4n) is 3.20. The van der Waals surface area contributed by atoms with Crippen LogP contribution in [0.1, 0.15) is 50.6 Å². The van der Waals surface area contributed by atoms with E-state index in [-0.39, 0.29) is 0 Å². The van der Waals surface area contributed by atoms with Crippen molar-refractivity contribution in [2.75, 3.05) is 13.1 Å². The Morgan fingerprint density at radius 2 is 2.05 bits per heavy atom. The van der Waals surface area contributed by atoms with Gasteiger partial charge in [0.1, 0.15) is 0 Å². The molecule has 1 aromatic heterocycles. The van der Waals surface area contributed by atoms with Gasteiger partial charge in [-0.05, 0) is 56.8 Å². The first-order valence-corrected chi connectivity index (χ1v) is 7.73. The quantitative estimate of drug-likeness (QED) is 0.881. The lowest BCUT2D eigenvalue weighted by Crippen LogP contribution is -2.45. The predicted octanol–water partition coefficient (Wildman–Crippen LogP) is 2.75. The van der Waals surface area contributed by atoms with Crippen molar-refractivity contribution < 1.29 is 0 Å². The molecule has 2 atom stereocenters. The van der Waals surface area contributed by atoms with Gasteiger partial charge in [0.05, 0.1) is 0 Å². The molecule has 0 spiro atoms. The Labute approximate surface area is 116 Å². The highest BCUT2D eigenvalue weighted by atomic mass is 15.2. The van der Waals surface area contributed by atoms with E-state index >= 15 is 0 Å². The molecule has 0 bridgehead atoms. The molecule has 2 aliphatic rings. The van der Waals surface area contributed by atoms with E-state index in [4.69, 9.17) is 0 Å². The zero-order valence-electron chi connectivity index (χ0n) is 11.9. The number of rotatable bonds is 5. The van der Waals surface area contributed by atoms with E-state index in [1.165, 1.54) is 50.8 Å². The summed E-state index contributed by atoms with van der Waals surface area (Å²) in [5.74, 6) is 0. The van der Waals surface area contributed by atoms with Crippen LogP contribution in [-0.4, -0.2) is 35.1 Å². The average Bonchev–Trinajstić information content (AvgIpc) is 3.31. The van der Waals surface area contributed by atoms with Crippen molar-refractivity contribution in [3.8, 4) is 0 Å². The summed E-state index contributed by atoms with van der Waals surface area (Å²) in [7, 11) is 0. The van der Waals surface area contributed by atoms with Crippen molar-refractivity contribution >= 4 is 0 Å². The summed E-state index contributed by atoms with van der Waals surface area (Å²) in [5.41, 5.74) is 1.40. The van der Waals surface area contributed by atoms with Gasteiger partial charge < -0.3 is 5.32 Å². The van der Waals surface area contributed by atoms with Crippen molar-refractivity contribution in [2.45, 2.75) is 57.2 Å². The highest BCUT2D eigenvalue weighted by Gasteiger charge is 2.34. The zero-order chi connectivity index (χ0) is 13.1. The Balaban J connectivity index is 1.66. The zero-order valence-corrected chi connectivity index (χ0v) is 11.9. The molecule has 3 nitrogen and oxygen atoms in total. The predicted molar refractivity (Wildman–Crippen MR) is 78.0 cm³/mol. The van der Waals surface area contributed by atoms with Gasteiger partial charge >= 0.3 is 0 Å². The minimum Gasteiger partial charge on any atom is -0.313 e. The van der Waals surface area contributed by atoms with Crippen molar-refractivity contribution in [1.82, 2.24) is 15.2 Å². The van der Waals surface area contributed by atoms with E-state index < -0.39 is 0 Å². The van der Waals surface area contributed by atoms with Crippen LogP contribution in [0.2, 0.25) is 0 Å². The van der Waals surface area contributed by atoms with Gasteiger partial charge in [0, 0.05) is 37.1 Å². The topological polar surface area (TPSA) is 28.2 Å². The summed E-state index contributed by atoms with van der Waals surface area (Å²) in [5, 5.41) is 3.68. The molecule has 0 amide bonds. The minimum atomic E-state index is 0.513. The summed E-state index contributed by atoms with van der Waals surface area (Å²) >= 11 is 0. The Morgan fingerprint density at radius 1 is 1.26 bits per heavy atom. The van der Waals surface area contributed by atoms with E-state index in [0.717, 1.165) is 6.04 Å². The van der Waals surface area contributed by atoms with Gasteiger partial charge in [-0.3, -0.25) is 9.88 Å². The van der Waals surface area contributed by atoms with Crippen LogP contribution >= 0.6 is 0 Å².